The number of unbranched alkanes of at least 4 members (excludes halogenated alkanes) is 7. The van der Waals surface area contributed by atoms with Gasteiger partial charge in [0.15, 0.2) is 12.1 Å². The van der Waals surface area contributed by atoms with Crippen molar-refractivity contribution < 1.29 is 38.2 Å². The third-order valence-corrected chi connectivity index (χ3v) is 8.98. The standard InChI is InChI=1S/C50H79NO7/c1-6-8-10-12-14-16-18-20-21-22-23-24-25-26-27-29-30-32-34-36-38-40-48(52)57-45-46(44-56-43-42-47(50(54)55)51(3,4)5)58-49(53)41-39-37-35-33-31-28-19-17-15-13-11-9-7-2/h8-11,13-17,19-21,23-24,26-27,30,32,46-47H,6-7,12,18,22,25,28-29,31,33-45H2,1-5H3/p+1/b10-8+,11-9+,15-13+,16-14+,19-17+,21-20+,24-23+,27-26+,32-30+. The summed E-state index contributed by atoms with van der Waals surface area (Å²) in [5.74, 6) is -1.57. The van der Waals surface area contributed by atoms with Gasteiger partial charge in [0, 0.05) is 19.3 Å². The number of allylic oxidation sites excluding steroid dienone is 18. The van der Waals surface area contributed by atoms with Gasteiger partial charge >= 0.3 is 17.9 Å². The largest absolute Gasteiger partial charge is 0.477 e. The van der Waals surface area contributed by atoms with Gasteiger partial charge in [-0.15, -0.1) is 0 Å². The Labute approximate surface area is 353 Å². The van der Waals surface area contributed by atoms with E-state index in [1.807, 2.05) is 33.3 Å². The monoisotopic (exact) mass is 807 g/mol. The first-order valence-corrected chi connectivity index (χ1v) is 22.0. The van der Waals surface area contributed by atoms with Crippen LogP contribution in [0.25, 0.3) is 0 Å². The molecular weight excluding hydrogens is 727 g/mol. The van der Waals surface area contributed by atoms with Crippen molar-refractivity contribution in [1.29, 1.82) is 0 Å². The quantitative estimate of drug-likeness (QED) is 0.0219. The van der Waals surface area contributed by atoms with Crippen molar-refractivity contribution in [3.8, 4) is 0 Å². The number of hydrogen-bond acceptors (Lipinski definition) is 6. The van der Waals surface area contributed by atoms with E-state index < -0.39 is 18.1 Å². The highest BCUT2D eigenvalue weighted by Gasteiger charge is 2.31. The molecule has 2 atom stereocenters. The van der Waals surface area contributed by atoms with E-state index in [0.717, 1.165) is 96.3 Å². The zero-order valence-electron chi connectivity index (χ0n) is 36.9. The summed E-state index contributed by atoms with van der Waals surface area (Å²) in [5, 5.41) is 9.61. The molecule has 0 bridgehead atoms. The number of nitrogens with zero attached hydrogens (tertiary/aromatic N) is 1. The second-order valence-electron chi connectivity index (χ2n) is 15.2. The zero-order chi connectivity index (χ0) is 42.8. The highest BCUT2D eigenvalue weighted by molar-refractivity contribution is 5.72. The van der Waals surface area contributed by atoms with Crippen LogP contribution in [0.2, 0.25) is 0 Å². The minimum absolute atomic E-state index is 0.0305. The molecule has 8 nitrogen and oxygen atoms in total. The van der Waals surface area contributed by atoms with Crippen LogP contribution in [0.15, 0.2) is 109 Å². The summed E-state index contributed by atoms with van der Waals surface area (Å²) in [6.07, 6.45) is 54.2. The maximum Gasteiger partial charge on any atom is 0.362 e. The first-order chi connectivity index (χ1) is 28.1. The van der Waals surface area contributed by atoms with E-state index in [0.29, 0.717) is 12.8 Å². The normalized spacial score (nSPS) is 14.0. The molecule has 0 radical (unpaired) electrons. The number of carboxylic acid groups (broad SMARTS) is 1. The van der Waals surface area contributed by atoms with Crippen molar-refractivity contribution in [2.24, 2.45) is 0 Å². The van der Waals surface area contributed by atoms with Gasteiger partial charge in [-0.2, -0.15) is 0 Å². The molecule has 0 spiro atoms. The number of likely N-dealkylation sites (N-methyl/N-ethyl adjacent to an activating group) is 1. The molecule has 0 heterocycles. The maximum absolute atomic E-state index is 12.7. The fourth-order valence-corrected chi connectivity index (χ4v) is 5.62. The minimum atomic E-state index is -0.891. The van der Waals surface area contributed by atoms with Crippen molar-refractivity contribution in [3.63, 3.8) is 0 Å². The van der Waals surface area contributed by atoms with Gasteiger partial charge < -0.3 is 23.8 Å². The molecule has 0 rings (SSSR count). The van der Waals surface area contributed by atoms with Crippen molar-refractivity contribution in [1.82, 2.24) is 0 Å². The average molecular weight is 807 g/mol. The minimum Gasteiger partial charge on any atom is -0.477 e. The Hall–Kier alpha value is -4.01. The number of ether oxygens (including phenoxy) is 3. The summed E-state index contributed by atoms with van der Waals surface area (Å²) in [5.41, 5.74) is 0. The van der Waals surface area contributed by atoms with Gasteiger partial charge in [-0.05, 0) is 83.5 Å². The van der Waals surface area contributed by atoms with Crippen LogP contribution in [0.3, 0.4) is 0 Å². The molecule has 0 fully saturated rings. The van der Waals surface area contributed by atoms with E-state index in [4.69, 9.17) is 14.2 Å². The van der Waals surface area contributed by atoms with Crippen LogP contribution in [0.5, 0.6) is 0 Å². The highest BCUT2D eigenvalue weighted by atomic mass is 16.6. The van der Waals surface area contributed by atoms with E-state index in [-0.39, 0.29) is 49.1 Å². The SMILES string of the molecule is CC/C=C/C=C/C=C/CCCCCCCC(=O)OC(COCCC(C(=O)O)[N+](C)(C)C)COC(=O)CCCC/C=C/C/C=C/C/C=C/C/C=C/C/C=C/C/C=C/CC. The lowest BCUT2D eigenvalue weighted by atomic mass is 10.1. The summed E-state index contributed by atoms with van der Waals surface area (Å²) in [6, 6.07) is -0.632. The first-order valence-electron chi connectivity index (χ1n) is 22.0. The summed E-state index contributed by atoms with van der Waals surface area (Å²) in [4.78, 5) is 37.0. The molecule has 0 aromatic heterocycles. The van der Waals surface area contributed by atoms with E-state index in [1.54, 1.807) is 0 Å². The molecule has 0 aromatic rings. The number of carboxylic acids is 1. The van der Waals surface area contributed by atoms with Gasteiger partial charge in [-0.3, -0.25) is 9.59 Å². The van der Waals surface area contributed by atoms with Gasteiger partial charge in [-0.1, -0.05) is 142 Å². The number of carbonyl (C=O) groups is 3. The first kappa shape index (κ1) is 54.0. The predicted octanol–water partition coefficient (Wildman–Crippen LogP) is 12.1. The van der Waals surface area contributed by atoms with Crippen molar-refractivity contribution in [3.05, 3.63) is 109 Å². The Morgan fingerprint density at radius 3 is 1.57 bits per heavy atom. The predicted molar refractivity (Wildman–Crippen MR) is 242 cm³/mol. The smallest absolute Gasteiger partial charge is 0.362 e. The molecule has 8 heteroatoms. The molecule has 0 aliphatic carbocycles. The fraction of sp³-hybridized carbons (Fsp3) is 0.580. The Morgan fingerprint density at radius 1 is 0.534 bits per heavy atom. The highest BCUT2D eigenvalue weighted by Crippen LogP contribution is 2.12. The van der Waals surface area contributed by atoms with Gasteiger partial charge in [0.1, 0.15) is 6.61 Å². The summed E-state index contributed by atoms with van der Waals surface area (Å²) in [6.45, 7) is 4.39. The topological polar surface area (TPSA) is 99.1 Å². The van der Waals surface area contributed by atoms with E-state index >= 15 is 0 Å². The Balaban J connectivity index is 4.46. The number of hydrogen-bond donors (Lipinski definition) is 1. The molecule has 0 aliphatic rings. The molecule has 1 N–H and O–H groups in total. The van der Waals surface area contributed by atoms with Gasteiger partial charge in [0.25, 0.3) is 0 Å². The molecule has 326 valence electrons. The molecule has 0 saturated heterocycles. The Bertz CT molecular complexity index is 1310. The lowest BCUT2D eigenvalue weighted by Crippen LogP contribution is -2.50. The van der Waals surface area contributed by atoms with Crippen LogP contribution in [0, 0.1) is 0 Å². The Morgan fingerprint density at radius 2 is 1.00 bits per heavy atom. The lowest BCUT2D eigenvalue weighted by Gasteiger charge is -2.31. The molecule has 0 aromatic carbocycles. The zero-order valence-corrected chi connectivity index (χ0v) is 36.9. The van der Waals surface area contributed by atoms with Crippen molar-refractivity contribution in [2.75, 3.05) is 41.0 Å². The number of quaternary nitrogens is 1. The Kier molecular flexibility index (Phi) is 37.0. The third-order valence-electron chi connectivity index (χ3n) is 8.98. The van der Waals surface area contributed by atoms with Crippen LogP contribution in [-0.4, -0.2) is 80.6 Å². The van der Waals surface area contributed by atoms with Gasteiger partial charge in [0.2, 0.25) is 0 Å². The van der Waals surface area contributed by atoms with Crippen LogP contribution >= 0.6 is 0 Å². The van der Waals surface area contributed by atoms with Crippen LogP contribution in [0.4, 0.5) is 0 Å². The molecule has 2 unspecified atom stereocenters. The lowest BCUT2D eigenvalue weighted by molar-refractivity contribution is -0.887. The van der Waals surface area contributed by atoms with E-state index in [1.165, 1.54) is 0 Å². The number of aliphatic carboxylic acids is 1. The van der Waals surface area contributed by atoms with E-state index in [9.17, 15) is 19.5 Å². The average Bonchev–Trinajstić information content (AvgIpc) is 3.18. The summed E-state index contributed by atoms with van der Waals surface area (Å²) < 4.78 is 17.2. The molecule has 0 saturated carbocycles. The van der Waals surface area contributed by atoms with Gasteiger partial charge in [-0.25, -0.2) is 4.79 Å². The second kappa shape index (κ2) is 39.8. The van der Waals surface area contributed by atoms with Crippen LogP contribution in [-0.2, 0) is 28.6 Å². The summed E-state index contributed by atoms with van der Waals surface area (Å²) in [7, 11) is 5.49. The number of carbonyl (C=O) groups excluding carboxylic acids is 2. The fourth-order valence-electron chi connectivity index (χ4n) is 5.62. The molecule has 58 heavy (non-hydrogen) atoms. The maximum atomic E-state index is 12.7. The number of rotatable bonds is 37. The third kappa shape index (κ3) is 37.6. The molecule has 0 aliphatic heterocycles. The van der Waals surface area contributed by atoms with Crippen molar-refractivity contribution in [2.45, 2.75) is 148 Å². The van der Waals surface area contributed by atoms with Crippen molar-refractivity contribution >= 4 is 17.9 Å². The van der Waals surface area contributed by atoms with Crippen LogP contribution < -0.4 is 0 Å². The second-order valence-corrected chi connectivity index (χ2v) is 15.2. The van der Waals surface area contributed by atoms with Crippen LogP contribution in [0.1, 0.15) is 136 Å². The van der Waals surface area contributed by atoms with Gasteiger partial charge in [0.05, 0.1) is 34.4 Å². The molecule has 0 amide bonds. The number of esters is 2. The summed E-state index contributed by atoms with van der Waals surface area (Å²) >= 11 is 0. The molecular formula is C50H80NO7+. The van der Waals surface area contributed by atoms with E-state index in [2.05, 4.69) is 111 Å².